The van der Waals surface area contributed by atoms with Crippen LogP contribution in [0.3, 0.4) is 0 Å². The van der Waals surface area contributed by atoms with Crippen molar-refractivity contribution in [1.29, 1.82) is 0 Å². The lowest BCUT2D eigenvalue weighted by Crippen LogP contribution is -2.53. The summed E-state index contributed by atoms with van der Waals surface area (Å²) in [5.41, 5.74) is 1.84. The zero-order valence-electron chi connectivity index (χ0n) is 10.8. The van der Waals surface area contributed by atoms with E-state index in [1.54, 1.807) is 0 Å². The number of ether oxygens (including phenoxy) is 1. The number of amides is 1. The number of morpholine rings is 1. The van der Waals surface area contributed by atoms with E-state index in [0.29, 0.717) is 13.2 Å². The van der Waals surface area contributed by atoms with Crippen LogP contribution in [0.15, 0.2) is 30.5 Å². The molecule has 1 aliphatic rings. The number of hydrogen-bond donors (Lipinski definition) is 3. The molecular weight excluding hydrogens is 242 g/mol. The van der Waals surface area contributed by atoms with Crippen LogP contribution < -0.4 is 10.6 Å². The standard InChI is InChI=1S/C14H17N3O2/c1-9-13(16-7-8-19-9)14(18)17-12-4-2-3-11-10(12)5-6-15-11/h2-6,9,13,15-16H,7-8H2,1H3,(H,17,18)/t9-,13+/m1/s1. The summed E-state index contributed by atoms with van der Waals surface area (Å²) >= 11 is 0. The Hall–Kier alpha value is -1.85. The number of aromatic nitrogens is 1. The Morgan fingerprint density at radius 3 is 3.16 bits per heavy atom. The van der Waals surface area contributed by atoms with Gasteiger partial charge in [0.05, 0.1) is 18.4 Å². The molecule has 1 aromatic heterocycles. The third-order valence-electron chi connectivity index (χ3n) is 3.45. The Kier molecular flexibility index (Phi) is 3.23. The fourth-order valence-corrected chi connectivity index (χ4v) is 2.43. The molecule has 0 unspecified atom stereocenters. The first kappa shape index (κ1) is 12.2. The number of carbonyl (C=O) groups excluding carboxylic acids is 1. The lowest BCUT2D eigenvalue weighted by Gasteiger charge is -2.29. The molecule has 0 spiro atoms. The number of hydrogen-bond acceptors (Lipinski definition) is 3. The van der Waals surface area contributed by atoms with Gasteiger partial charge in [-0.3, -0.25) is 4.79 Å². The second-order valence-corrected chi connectivity index (χ2v) is 4.74. The Morgan fingerprint density at radius 1 is 1.42 bits per heavy atom. The molecule has 3 N–H and O–H groups in total. The quantitative estimate of drug-likeness (QED) is 0.765. The zero-order chi connectivity index (χ0) is 13.2. The topological polar surface area (TPSA) is 66.2 Å². The molecule has 100 valence electrons. The van der Waals surface area contributed by atoms with Crippen molar-refractivity contribution in [2.75, 3.05) is 18.5 Å². The number of H-pyrrole nitrogens is 1. The molecule has 3 rings (SSSR count). The number of anilines is 1. The first-order valence-electron chi connectivity index (χ1n) is 6.47. The Balaban J connectivity index is 1.80. The van der Waals surface area contributed by atoms with Crippen LogP contribution in [0.5, 0.6) is 0 Å². The second-order valence-electron chi connectivity index (χ2n) is 4.74. The molecule has 19 heavy (non-hydrogen) atoms. The van der Waals surface area contributed by atoms with Gasteiger partial charge in [0.2, 0.25) is 5.91 Å². The highest BCUT2D eigenvalue weighted by Crippen LogP contribution is 2.22. The van der Waals surface area contributed by atoms with E-state index in [1.165, 1.54) is 0 Å². The number of aromatic amines is 1. The molecule has 2 heterocycles. The van der Waals surface area contributed by atoms with Crippen LogP contribution in [0.2, 0.25) is 0 Å². The van der Waals surface area contributed by atoms with E-state index >= 15 is 0 Å². The van der Waals surface area contributed by atoms with Crippen LogP contribution in [0.25, 0.3) is 10.9 Å². The van der Waals surface area contributed by atoms with Gasteiger partial charge >= 0.3 is 0 Å². The number of benzene rings is 1. The minimum atomic E-state index is -0.303. The van der Waals surface area contributed by atoms with Crippen molar-refractivity contribution in [3.8, 4) is 0 Å². The average Bonchev–Trinajstić information content (AvgIpc) is 2.88. The molecule has 5 heteroatoms. The van der Waals surface area contributed by atoms with Crippen molar-refractivity contribution in [3.63, 3.8) is 0 Å². The summed E-state index contributed by atoms with van der Waals surface area (Å²) in [4.78, 5) is 15.4. The highest BCUT2D eigenvalue weighted by atomic mass is 16.5. The average molecular weight is 259 g/mol. The first-order chi connectivity index (χ1) is 9.25. The van der Waals surface area contributed by atoms with Crippen LogP contribution in [0.1, 0.15) is 6.92 Å². The zero-order valence-corrected chi connectivity index (χ0v) is 10.8. The molecule has 0 saturated carbocycles. The van der Waals surface area contributed by atoms with Crippen molar-refractivity contribution in [2.45, 2.75) is 19.1 Å². The summed E-state index contributed by atoms with van der Waals surface area (Å²) in [6.07, 6.45) is 1.75. The van der Waals surface area contributed by atoms with Gasteiger partial charge in [0, 0.05) is 23.6 Å². The van der Waals surface area contributed by atoms with Crippen LogP contribution in [0, 0.1) is 0 Å². The third-order valence-corrected chi connectivity index (χ3v) is 3.45. The molecule has 2 atom stereocenters. The van der Waals surface area contributed by atoms with Gasteiger partial charge in [-0.1, -0.05) is 6.07 Å². The number of rotatable bonds is 2. The maximum absolute atomic E-state index is 12.3. The second kappa shape index (κ2) is 5.03. The van der Waals surface area contributed by atoms with Gasteiger partial charge in [-0.2, -0.15) is 0 Å². The van der Waals surface area contributed by atoms with E-state index in [2.05, 4.69) is 15.6 Å². The van der Waals surface area contributed by atoms with Crippen molar-refractivity contribution < 1.29 is 9.53 Å². The van der Waals surface area contributed by atoms with Gasteiger partial charge in [0.1, 0.15) is 6.04 Å². The summed E-state index contributed by atoms with van der Waals surface area (Å²) in [6.45, 7) is 3.27. The molecule has 2 aromatic rings. The molecule has 0 aliphatic carbocycles. The highest BCUT2D eigenvalue weighted by Gasteiger charge is 2.28. The number of carbonyl (C=O) groups is 1. The van der Waals surface area contributed by atoms with Gasteiger partial charge < -0.3 is 20.4 Å². The molecule has 0 radical (unpaired) electrons. The molecule has 1 saturated heterocycles. The lowest BCUT2D eigenvalue weighted by atomic mass is 10.1. The van der Waals surface area contributed by atoms with Gasteiger partial charge in [0.25, 0.3) is 0 Å². The maximum atomic E-state index is 12.3. The van der Waals surface area contributed by atoms with Gasteiger partial charge in [0.15, 0.2) is 0 Å². The van der Waals surface area contributed by atoms with Crippen LogP contribution >= 0.6 is 0 Å². The molecule has 1 aromatic carbocycles. The van der Waals surface area contributed by atoms with E-state index in [0.717, 1.165) is 16.6 Å². The van der Waals surface area contributed by atoms with Gasteiger partial charge in [-0.15, -0.1) is 0 Å². The fraction of sp³-hybridized carbons (Fsp3) is 0.357. The minimum absolute atomic E-state index is 0.0547. The van der Waals surface area contributed by atoms with E-state index in [4.69, 9.17) is 4.74 Å². The predicted octanol–water partition coefficient (Wildman–Crippen LogP) is 1.48. The van der Waals surface area contributed by atoms with Crippen molar-refractivity contribution in [3.05, 3.63) is 30.5 Å². The van der Waals surface area contributed by atoms with Crippen LogP contribution in [-0.2, 0) is 9.53 Å². The van der Waals surface area contributed by atoms with E-state index < -0.39 is 0 Å². The smallest absolute Gasteiger partial charge is 0.244 e. The maximum Gasteiger partial charge on any atom is 0.244 e. The predicted molar refractivity (Wildman–Crippen MR) is 74.1 cm³/mol. The van der Waals surface area contributed by atoms with E-state index in [9.17, 15) is 4.79 Å². The SMILES string of the molecule is C[C@H]1OCCN[C@@H]1C(=O)Nc1cccc2[nH]ccc12. The summed E-state index contributed by atoms with van der Waals surface area (Å²) in [5, 5.41) is 7.17. The summed E-state index contributed by atoms with van der Waals surface area (Å²) < 4.78 is 5.49. The number of nitrogens with one attached hydrogen (secondary N) is 3. The first-order valence-corrected chi connectivity index (χ1v) is 6.47. The molecule has 0 bridgehead atoms. The van der Waals surface area contributed by atoms with Crippen molar-refractivity contribution >= 4 is 22.5 Å². The molecule has 1 amide bonds. The fourth-order valence-electron chi connectivity index (χ4n) is 2.43. The monoisotopic (exact) mass is 259 g/mol. The Bertz CT molecular complexity index is 593. The van der Waals surface area contributed by atoms with E-state index in [1.807, 2.05) is 37.4 Å². The van der Waals surface area contributed by atoms with Crippen LogP contribution in [-0.4, -0.2) is 36.2 Å². The molecule has 1 aliphatic heterocycles. The molecular formula is C14H17N3O2. The minimum Gasteiger partial charge on any atom is -0.375 e. The Labute approximate surface area is 111 Å². The molecule has 5 nitrogen and oxygen atoms in total. The summed E-state index contributed by atoms with van der Waals surface area (Å²) in [7, 11) is 0. The highest BCUT2D eigenvalue weighted by molar-refractivity contribution is 6.03. The van der Waals surface area contributed by atoms with Gasteiger partial charge in [-0.05, 0) is 25.1 Å². The summed E-state index contributed by atoms with van der Waals surface area (Å²) in [6, 6.07) is 7.46. The van der Waals surface area contributed by atoms with Crippen molar-refractivity contribution in [1.82, 2.24) is 10.3 Å². The lowest BCUT2D eigenvalue weighted by molar-refractivity contribution is -0.123. The molecule has 1 fully saturated rings. The van der Waals surface area contributed by atoms with Crippen molar-refractivity contribution in [2.24, 2.45) is 0 Å². The van der Waals surface area contributed by atoms with Crippen LogP contribution in [0.4, 0.5) is 5.69 Å². The van der Waals surface area contributed by atoms with Gasteiger partial charge in [-0.25, -0.2) is 0 Å². The summed E-state index contributed by atoms with van der Waals surface area (Å²) in [5.74, 6) is -0.0547. The number of fused-ring (bicyclic) bond motifs is 1. The Morgan fingerprint density at radius 2 is 2.32 bits per heavy atom. The largest absolute Gasteiger partial charge is 0.375 e. The van der Waals surface area contributed by atoms with E-state index in [-0.39, 0.29) is 18.1 Å². The third kappa shape index (κ3) is 2.34. The normalized spacial score (nSPS) is 23.4.